The molecule has 27 heavy (non-hydrogen) atoms. The van der Waals surface area contributed by atoms with Crippen LogP contribution in [0.4, 0.5) is 11.4 Å². The van der Waals surface area contributed by atoms with Gasteiger partial charge >= 0.3 is 11.9 Å². The second kappa shape index (κ2) is 9.18. The van der Waals surface area contributed by atoms with Crippen molar-refractivity contribution < 1.29 is 28.5 Å². The number of carbonyl (C=O) groups is 2. The first-order valence-corrected chi connectivity index (χ1v) is 7.73. The summed E-state index contributed by atoms with van der Waals surface area (Å²) in [5.74, 6) is -0.349. The maximum atomic E-state index is 11.7. The fourth-order valence-corrected chi connectivity index (χ4v) is 2.20. The molecule has 2 aromatic rings. The molecule has 0 atom stereocenters. The molecule has 0 saturated carbocycles. The van der Waals surface area contributed by atoms with Crippen molar-refractivity contribution in [3.05, 3.63) is 47.5 Å². The fraction of sp³-hybridized carbons (Fsp3) is 0.222. The Labute approximate surface area is 155 Å². The van der Waals surface area contributed by atoms with E-state index in [-0.39, 0.29) is 5.56 Å². The molecule has 0 aliphatic carbocycles. The number of benzene rings is 2. The average Bonchev–Trinajstić information content (AvgIpc) is 2.72. The maximum Gasteiger partial charge on any atom is 0.341 e. The molecular formula is C18H19N3O6. The van der Waals surface area contributed by atoms with Gasteiger partial charge in [-0.1, -0.05) is 5.22 Å². The molecule has 0 radical (unpaired) electrons. The van der Waals surface area contributed by atoms with E-state index >= 15 is 0 Å². The smallest absolute Gasteiger partial charge is 0.341 e. The summed E-state index contributed by atoms with van der Waals surface area (Å²) in [5, 5.41) is 7.90. The lowest BCUT2D eigenvalue weighted by Gasteiger charge is -2.08. The average molecular weight is 373 g/mol. The lowest BCUT2D eigenvalue weighted by molar-refractivity contribution is 0.0588. The quantitative estimate of drug-likeness (QED) is 0.450. The maximum absolute atomic E-state index is 11.7. The van der Waals surface area contributed by atoms with E-state index in [1.165, 1.54) is 34.5 Å². The third-order valence-corrected chi connectivity index (χ3v) is 3.54. The van der Waals surface area contributed by atoms with Gasteiger partial charge in [0.15, 0.2) is 0 Å². The van der Waals surface area contributed by atoms with Crippen molar-refractivity contribution in [1.82, 2.24) is 0 Å². The Hall–Kier alpha value is -3.62. The number of nitrogens with one attached hydrogen (secondary N) is 1. The Balaban J connectivity index is 2.15. The minimum atomic E-state index is -0.508. The van der Waals surface area contributed by atoms with Gasteiger partial charge < -0.3 is 18.9 Å². The van der Waals surface area contributed by atoms with Crippen molar-refractivity contribution in [3.8, 4) is 11.5 Å². The van der Waals surface area contributed by atoms with Crippen molar-refractivity contribution >= 4 is 23.3 Å². The molecule has 2 rings (SSSR count). The predicted octanol–water partition coefficient (Wildman–Crippen LogP) is 3.39. The second-order valence-corrected chi connectivity index (χ2v) is 5.09. The third kappa shape index (κ3) is 4.72. The number of hydrogen-bond donors (Lipinski definition) is 1. The van der Waals surface area contributed by atoms with E-state index < -0.39 is 11.9 Å². The summed E-state index contributed by atoms with van der Waals surface area (Å²) in [5.41, 5.74) is 4.34. The Bertz CT molecular complexity index is 866. The van der Waals surface area contributed by atoms with Gasteiger partial charge in [-0.3, -0.25) is 5.43 Å². The van der Waals surface area contributed by atoms with Gasteiger partial charge in [-0.05, 0) is 24.3 Å². The molecule has 2 aromatic carbocycles. The number of hydrogen-bond acceptors (Lipinski definition) is 8. The second-order valence-electron chi connectivity index (χ2n) is 5.09. The third-order valence-electron chi connectivity index (χ3n) is 3.54. The topological polar surface area (TPSA) is 108 Å². The molecule has 0 unspecified atom stereocenters. The van der Waals surface area contributed by atoms with Crippen LogP contribution < -0.4 is 14.9 Å². The predicted molar refractivity (Wildman–Crippen MR) is 96.8 cm³/mol. The van der Waals surface area contributed by atoms with Crippen LogP contribution in [0.5, 0.6) is 11.5 Å². The summed E-state index contributed by atoms with van der Waals surface area (Å²) in [6.45, 7) is 0. The van der Waals surface area contributed by atoms with Crippen LogP contribution in [0.3, 0.4) is 0 Å². The van der Waals surface area contributed by atoms with E-state index in [0.29, 0.717) is 28.4 Å². The summed E-state index contributed by atoms with van der Waals surface area (Å²) in [4.78, 5) is 23.3. The molecule has 142 valence electrons. The molecule has 0 spiro atoms. The van der Waals surface area contributed by atoms with E-state index in [1.54, 1.807) is 30.3 Å². The van der Waals surface area contributed by atoms with E-state index in [1.807, 2.05) is 0 Å². The van der Waals surface area contributed by atoms with E-state index in [9.17, 15) is 9.59 Å². The van der Waals surface area contributed by atoms with Crippen LogP contribution in [0.2, 0.25) is 0 Å². The van der Waals surface area contributed by atoms with Gasteiger partial charge in [0, 0.05) is 12.1 Å². The zero-order chi connectivity index (χ0) is 19.8. The normalized spacial score (nSPS) is 10.4. The van der Waals surface area contributed by atoms with E-state index in [2.05, 4.69) is 25.2 Å². The minimum Gasteiger partial charge on any atom is -0.496 e. The first-order chi connectivity index (χ1) is 13.0. The highest BCUT2D eigenvalue weighted by Crippen LogP contribution is 2.27. The molecule has 0 aliphatic heterocycles. The van der Waals surface area contributed by atoms with Gasteiger partial charge in [-0.15, -0.1) is 5.11 Å². The lowest BCUT2D eigenvalue weighted by atomic mass is 10.2. The fourth-order valence-electron chi connectivity index (χ4n) is 2.20. The summed E-state index contributed by atoms with van der Waals surface area (Å²) in [7, 11) is 5.47. The van der Waals surface area contributed by atoms with Gasteiger partial charge in [-0.25, -0.2) is 9.59 Å². The Morgan fingerprint density at radius 3 is 1.93 bits per heavy atom. The van der Waals surface area contributed by atoms with Gasteiger partial charge in [0.1, 0.15) is 22.6 Å². The first-order valence-electron chi connectivity index (χ1n) is 7.73. The molecular weight excluding hydrogens is 354 g/mol. The number of esters is 2. The molecule has 0 aliphatic rings. The standard InChI is InChI=1S/C18H19N3O6/c1-24-15-9-11(5-7-13(15)17(22)26-3)19-21-20-12-6-8-14(18(23)27-4)16(10-12)25-2/h5-10H,1-4H3,(H,19,20). The molecule has 0 bridgehead atoms. The highest BCUT2D eigenvalue weighted by molar-refractivity contribution is 5.93. The van der Waals surface area contributed by atoms with Crippen LogP contribution in [0.25, 0.3) is 0 Å². The number of carbonyl (C=O) groups excluding carboxylic acids is 2. The van der Waals surface area contributed by atoms with Crippen LogP contribution in [-0.2, 0) is 9.47 Å². The molecule has 9 nitrogen and oxygen atoms in total. The molecule has 0 fully saturated rings. The minimum absolute atomic E-state index is 0.287. The van der Waals surface area contributed by atoms with Crippen LogP contribution in [-0.4, -0.2) is 40.4 Å². The highest BCUT2D eigenvalue weighted by Gasteiger charge is 2.14. The highest BCUT2D eigenvalue weighted by atomic mass is 16.5. The SMILES string of the molecule is COC(=O)c1ccc(N=NNc2ccc(C(=O)OC)c(OC)c2)cc1OC. The van der Waals surface area contributed by atoms with E-state index in [4.69, 9.17) is 9.47 Å². The van der Waals surface area contributed by atoms with Crippen LogP contribution in [0.1, 0.15) is 20.7 Å². The van der Waals surface area contributed by atoms with Gasteiger partial charge in [0.25, 0.3) is 0 Å². The monoisotopic (exact) mass is 373 g/mol. The Kier molecular flexibility index (Phi) is 6.70. The number of methoxy groups -OCH3 is 4. The number of nitrogens with zero attached hydrogens (tertiary/aromatic N) is 2. The number of anilines is 1. The number of ether oxygens (including phenoxy) is 4. The van der Waals surface area contributed by atoms with Crippen molar-refractivity contribution in [2.45, 2.75) is 0 Å². The molecule has 0 amide bonds. The Morgan fingerprint density at radius 2 is 1.37 bits per heavy atom. The van der Waals surface area contributed by atoms with Gasteiger partial charge in [-0.2, -0.15) is 0 Å². The number of rotatable bonds is 7. The molecule has 1 N–H and O–H groups in total. The summed E-state index contributed by atoms with van der Waals surface area (Å²) >= 11 is 0. The van der Waals surface area contributed by atoms with E-state index in [0.717, 1.165) is 0 Å². The summed E-state index contributed by atoms with van der Waals surface area (Å²) < 4.78 is 19.7. The summed E-state index contributed by atoms with van der Waals surface area (Å²) in [6.07, 6.45) is 0. The largest absolute Gasteiger partial charge is 0.496 e. The molecule has 9 heteroatoms. The Morgan fingerprint density at radius 1 is 0.815 bits per heavy atom. The molecule has 0 heterocycles. The zero-order valence-electron chi connectivity index (χ0n) is 15.3. The van der Waals surface area contributed by atoms with Crippen LogP contribution in [0, 0.1) is 0 Å². The zero-order valence-corrected chi connectivity index (χ0v) is 15.3. The van der Waals surface area contributed by atoms with Crippen molar-refractivity contribution in [2.75, 3.05) is 33.9 Å². The van der Waals surface area contributed by atoms with Gasteiger partial charge in [0.2, 0.25) is 0 Å². The summed E-state index contributed by atoms with van der Waals surface area (Å²) in [6, 6.07) is 9.46. The van der Waals surface area contributed by atoms with Crippen molar-refractivity contribution in [2.24, 2.45) is 10.3 Å². The van der Waals surface area contributed by atoms with Crippen LogP contribution >= 0.6 is 0 Å². The molecule has 0 saturated heterocycles. The van der Waals surface area contributed by atoms with Crippen LogP contribution in [0.15, 0.2) is 46.7 Å². The van der Waals surface area contributed by atoms with Crippen molar-refractivity contribution in [1.29, 1.82) is 0 Å². The molecule has 0 aromatic heterocycles. The lowest BCUT2D eigenvalue weighted by Crippen LogP contribution is -2.04. The van der Waals surface area contributed by atoms with Crippen molar-refractivity contribution in [3.63, 3.8) is 0 Å². The first kappa shape index (κ1) is 19.7. The van der Waals surface area contributed by atoms with Gasteiger partial charge in [0.05, 0.1) is 39.8 Å².